The highest BCUT2D eigenvalue weighted by molar-refractivity contribution is 5.93. The number of hydrogen-bond donors (Lipinski definition) is 2. The summed E-state index contributed by atoms with van der Waals surface area (Å²) in [5.41, 5.74) is -1.14. The Hall–Kier alpha value is -3.93. The lowest BCUT2D eigenvalue weighted by Gasteiger charge is -2.29. The van der Waals surface area contributed by atoms with E-state index in [4.69, 9.17) is 0 Å². The average molecular weight is 561 g/mol. The van der Waals surface area contributed by atoms with Crippen molar-refractivity contribution in [3.05, 3.63) is 75.1 Å². The van der Waals surface area contributed by atoms with Gasteiger partial charge in [-0.2, -0.15) is 13.2 Å². The van der Waals surface area contributed by atoms with Crippen LogP contribution in [0.4, 0.5) is 13.2 Å². The van der Waals surface area contributed by atoms with E-state index in [2.05, 4.69) is 5.32 Å². The number of nitrogens with zero attached hydrogens (tertiary/aromatic N) is 3. The fourth-order valence-corrected chi connectivity index (χ4v) is 5.24. The van der Waals surface area contributed by atoms with Crippen LogP contribution in [0.5, 0.6) is 0 Å². The lowest BCUT2D eigenvalue weighted by Crippen LogP contribution is -2.49. The minimum atomic E-state index is -4.34. The van der Waals surface area contributed by atoms with Crippen molar-refractivity contribution in [2.45, 2.75) is 44.8 Å². The molecule has 0 aliphatic carbocycles. The van der Waals surface area contributed by atoms with Crippen LogP contribution in [0.3, 0.4) is 0 Å². The van der Waals surface area contributed by atoms with E-state index < -0.39 is 47.3 Å². The third-order valence-electron chi connectivity index (χ3n) is 7.55. The second-order valence-corrected chi connectivity index (χ2v) is 10.5. The molecule has 1 aliphatic heterocycles. The molecule has 40 heavy (non-hydrogen) atoms. The van der Waals surface area contributed by atoms with Crippen LogP contribution < -0.4 is 16.6 Å². The number of carbonyl (C=O) groups excluding carboxylic acids is 1. The highest BCUT2D eigenvalue weighted by Gasteiger charge is 2.39. The summed E-state index contributed by atoms with van der Waals surface area (Å²) < 4.78 is 40.9. The Balaban J connectivity index is 1.59. The molecule has 4 rings (SSSR count). The Morgan fingerprint density at radius 1 is 1.05 bits per heavy atom. The third-order valence-corrected chi connectivity index (χ3v) is 7.55. The molecule has 3 aromatic rings. The number of benzene rings is 2. The Labute approximate surface area is 227 Å². The normalized spacial score (nSPS) is 19.2. The number of carboxylic acid groups (broad SMARTS) is 1. The van der Waals surface area contributed by atoms with E-state index in [1.807, 2.05) is 0 Å². The quantitative estimate of drug-likeness (QED) is 0.460. The summed E-state index contributed by atoms with van der Waals surface area (Å²) in [7, 11) is 1.53. The highest BCUT2D eigenvalue weighted by Crippen LogP contribution is 2.33. The Morgan fingerprint density at radius 3 is 2.45 bits per heavy atom. The van der Waals surface area contributed by atoms with E-state index in [1.54, 1.807) is 43.3 Å². The van der Waals surface area contributed by atoms with Crippen molar-refractivity contribution in [1.29, 1.82) is 0 Å². The number of fused-ring (bicyclic) bond motifs is 1. The second kappa shape index (κ2) is 11.3. The van der Waals surface area contributed by atoms with Crippen LogP contribution in [0.25, 0.3) is 16.5 Å². The first-order valence-electron chi connectivity index (χ1n) is 12.9. The van der Waals surface area contributed by atoms with E-state index in [1.165, 1.54) is 28.8 Å². The van der Waals surface area contributed by atoms with Crippen molar-refractivity contribution < 1.29 is 27.9 Å². The van der Waals surface area contributed by atoms with Crippen molar-refractivity contribution in [2.24, 2.45) is 12.5 Å². The smallest absolute Gasteiger partial charge is 0.401 e. The Kier molecular flexibility index (Phi) is 8.20. The van der Waals surface area contributed by atoms with Gasteiger partial charge < -0.3 is 15.0 Å². The van der Waals surface area contributed by atoms with Gasteiger partial charge in [-0.05, 0) is 49.4 Å². The highest BCUT2D eigenvalue weighted by atomic mass is 19.4. The molecule has 9 nitrogen and oxygen atoms in total. The molecule has 1 aliphatic rings. The minimum absolute atomic E-state index is 0.0750. The molecule has 12 heteroatoms. The fraction of sp³-hybridized carbons (Fsp3) is 0.429. The number of aryl methyl sites for hydroxylation is 1. The van der Waals surface area contributed by atoms with E-state index in [0.29, 0.717) is 34.9 Å². The van der Waals surface area contributed by atoms with Crippen LogP contribution in [0.1, 0.15) is 31.7 Å². The summed E-state index contributed by atoms with van der Waals surface area (Å²) in [5.74, 6) is -1.78. The molecule has 2 N–H and O–H groups in total. The topological polar surface area (TPSA) is 114 Å². The number of aromatic nitrogens is 2. The van der Waals surface area contributed by atoms with Gasteiger partial charge in [0.25, 0.3) is 5.56 Å². The maximum absolute atomic E-state index is 13.3. The molecule has 214 valence electrons. The van der Waals surface area contributed by atoms with Gasteiger partial charge in [-0.3, -0.25) is 14.5 Å². The molecule has 0 saturated carbocycles. The molecule has 1 saturated heterocycles. The van der Waals surface area contributed by atoms with Crippen molar-refractivity contribution in [3.8, 4) is 5.69 Å². The number of hydrogen-bond acceptors (Lipinski definition) is 5. The van der Waals surface area contributed by atoms with Gasteiger partial charge in [-0.25, -0.2) is 14.2 Å². The predicted octanol–water partition coefficient (Wildman–Crippen LogP) is 2.86. The summed E-state index contributed by atoms with van der Waals surface area (Å²) in [6.45, 7) is 0.885. The third kappa shape index (κ3) is 6.27. The molecule has 1 aromatic heterocycles. The van der Waals surface area contributed by atoms with Gasteiger partial charge in [-0.1, -0.05) is 37.3 Å². The Bertz CT molecular complexity index is 1550. The number of carboxylic acids is 1. The molecule has 1 fully saturated rings. The van der Waals surface area contributed by atoms with Crippen LogP contribution >= 0.6 is 0 Å². The molecule has 2 aromatic carbocycles. The SMILES string of the molecule is Cn1ccc(=O)n(-c2cccc3c(C[C@H](NC(=O)[C@@]4(C)CCCN(CC(F)(F)F)CC4)C(=O)O)cccc23)c1=O. The number of aliphatic carboxylic acids is 1. The fourth-order valence-electron chi connectivity index (χ4n) is 5.24. The van der Waals surface area contributed by atoms with Crippen LogP contribution in [0.2, 0.25) is 0 Å². The van der Waals surface area contributed by atoms with E-state index in [-0.39, 0.29) is 25.9 Å². The molecule has 2 atom stereocenters. The largest absolute Gasteiger partial charge is 0.480 e. The molecule has 0 bridgehead atoms. The molecule has 1 amide bonds. The molecule has 0 unspecified atom stereocenters. The summed E-state index contributed by atoms with van der Waals surface area (Å²) in [6.07, 6.45) is -2.17. The van der Waals surface area contributed by atoms with Gasteiger partial charge in [0.05, 0.1) is 12.2 Å². The van der Waals surface area contributed by atoms with Crippen LogP contribution in [0, 0.1) is 5.41 Å². The monoisotopic (exact) mass is 560 g/mol. The van der Waals surface area contributed by atoms with Crippen molar-refractivity contribution in [2.75, 3.05) is 19.6 Å². The van der Waals surface area contributed by atoms with Crippen LogP contribution in [0.15, 0.2) is 58.3 Å². The van der Waals surface area contributed by atoms with E-state index >= 15 is 0 Å². The Morgan fingerprint density at radius 2 is 1.75 bits per heavy atom. The first kappa shape index (κ1) is 29.1. The zero-order valence-corrected chi connectivity index (χ0v) is 22.2. The molecular formula is C28H31F3N4O5. The van der Waals surface area contributed by atoms with Crippen molar-refractivity contribution in [1.82, 2.24) is 19.4 Å². The zero-order valence-electron chi connectivity index (χ0n) is 22.2. The van der Waals surface area contributed by atoms with Crippen molar-refractivity contribution >= 4 is 22.6 Å². The van der Waals surface area contributed by atoms with Crippen molar-refractivity contribution in [3.63, 3.8) is 0 Å². The van der Waals surface area contributed by atoms with Crippen LogP contribution in [-0.4, -0.2) is 62.9 Å². The number of rotatable bonds is 7. The van der Waals surface area contributed by atoms with Gasteiger partial charge in [0.15, 0.2) is 0 Å². The lowest BCUT2D eigenvalue weighted by atomic mass is 9.81. The standard InChI is InChI=1S/C28H31F3N4O5/c1-27(11-5-13-34(15-12-27)17-28(29,30)31)25(39)32-21(24(37)38)16-18-6-3-8-20-19(18)7-4-9-22(20)35-23(36)10-14-33(2)26(35)40/h3-4,6-10,14,21H,5,11-13,15-17H2,1-2H3,(H,32,39)(H,37,38)/t21-,27-/m0/s1. The maximum Gasteiger partial charge on any atom is 0.401 e. The molecule has 0 spiro atoms. The van der Waals surface area contributed by atoms with Crippen LogP contribution in [-0.2, 0) is 23.1 Å². The van der Waals surface area contributed by atoms with E-state index in [9.17, 15) is 37.5 Å². The number of halogens is 3. The zero-order chi connectivity index (χ0) is 29.2. The summed E-state index contributed by atoms with van der Waals surface area (Å²) in [4.78, 5) is 52.1. The predicted molar refractivity (Wildman–Crippen MR) is 143 cm³/mol. The number of nitrogens with one attached hydrogen (secondary N) is 1. The maximum atomic E-state index is 13.3. The molecule has 2 heterocycles. The lowest BCUT2D eigenvalue weighted by molar-refractivity contribution is -0.146. The van der Waals surface area contributed by atoms with Gasteiger partial charge >= 0.3 is 17.8 Å². The number of alkyl halides is 3. The number of carbonyl (C=O) groups is 2. The minimum Gasteiger partial charge on any atom is -0.480 e. The van der Waals surface area contributed by atoms with Gasteiger partial charge in [-0.15, -0.1) is 0 Å². The number of amides is 1. The van der Waals surface area contributed by atoms with Gasteiger partial charge in [0.1, 0.15) is 6.04 Å². The summed E-state index contributed by atoms with van der Waals surface area (Å²) in [6, 6.07) is 10.1. The first-order chi connectivity index (χ1) is 18.8. The molecular weight excluding hydrogens is 529 g/mol. The van der Waals surface area contributed by atoms with Gasteiger partial charge in [0.2, 0.25) is 5.91 Å². The summed E-state index contributed by atoms with van der Waals surface area (Å²) >= 11 is 0. The average Bonchev–Trinajstić information content (AvgIpc) is 3.07. The first-order valence-corrected chi connectivity index (χ1v) is 12.9. The van der Waals surface area contributed by atoms with Gasteiger partial charge in [0, 0.05) is 36.5 Å². The molecule has 0 radical (unpaired) electrons. The summed E-state index contributed by atoms with van der Waals surface area (Å²) in [5, 5.41) is 13.7. The second-order valence-electron chi connectivity index (χ2n) is 10.5. The number of likely N-dealkylation sites (tertiary alicyclic amines) is 1. The van der Waals surface area contributed by atoms with E-state index in [0.717, 1.165) is 4.57 Å².